The number of imidazole rings is 1. The van der Waals surface area contributed by atoms with Crippen LogP contribution >= 0.6 is 12.2 Å². The van der Waals surface area contributed by atoms with Gasteiger partial charge in [-0.3, -0.25) is 4.57 Å². The van der Waals surface area contributed by atoms with Gasteiger partial charge < -0.3 is 4.98 Å². The molecule has 0 saturated carbocycles. The summed E-state index contributed by atoms with van der Waals surface area (Å²) >= 11 is 5.36. The minimum Gasteiger partial charge on any atom is -0.337 e. The van der Waals surface area contributed by atoms with Gasteiger partial charge >= 0.3 is 0 Å². The molecule has 0 aliphatic heterocycles. The average Bonchev–Trinajstić information content (AvgIpc) is 2.93. The summed E-state index contributed by atoms with van der Waals surface area (Å²) < 4.78 is 2.94. The highest BCUT2D eigenvalue weighted by atomic mass is 32.1. The Morgan fingerprint density at radius 1 is 1.29 bits per heavy atom. The number of nitrogens with one attached hydrogen (secondary N) is 1. The Morgan fingerprint density at radius 2 is 2.12 bits per heavy atom. The second-order valence-corrected chi connectivity index (χ2v) is 4.97. The predicted octanol–water partition coefficient (Wildman–Crippen LogP) is 3.59. The number of nitrogens with zero attached hydrogens (tertiary/aromatic N) is 1. The summed E-state index contributed by atoms with van der Waals surface area (Å²) in [7, 11) is 0. The van der Waals surface area contributed by atoms with Crippen molar-refractivity contribution in [3.8, 4) is 5.69 Å². The zero-order valence-electron chi connectivity index (χ0n) is 9.99. The van der Waals surface area contributed by atoms with Crippen LogP contribution in [-0.2, 0) is 19.3 Å². The van der Waals surface area contributed by atoms with E-state index in [0.717, 1.165) is 11.2 Å². The Morgan fingerprint density at radius 3 is 2.94 bits per heavy atom. The van der Waals surface area contributed by atoms with E-state index in [9.17, 15) is 0 Å². The first-order valence-electron chi connectivity index (χ1n) is 6.21. The number of rotatable bonds is 2. The van der Waals surface area contributed by atoms with Crippen molar-refractivity contribution < 1.29 is 0 Å². The van der Waals surface area contributed by atoms with Crippen LogP contribution in [-0.4, -0.2) is 9.55 Å². The topological polar surface area (TPSA) is 20.7 Å². The van der Waals surface area contributed by atoms with Crippen LogP contribution in [0.5, 0.6) is 0 Å². The van der Waals surface area contributed by atoms with E-state index in [1.54, 1.807) is 0 Å². The summed E-state index contributed by atoms with van der Waals surface area (Å²) in [5, 5.41) is 0. The minimum absolute atomic E-state index is 0.791. The number of aryl methyl sites for hydroxylation is 3. The molecule has 1 aliphatic rings. The Labute approximate surface area is 106 Å². The maximum absolute atomic E-state index is 5.36. The van der Waals surface area contributed by atoms with Crippen molar-refractivity contribution in [3.63, 3.8) is 0 Å². The number of fused-ring (bicyclic) bond motifs is 1. The number of H-pyrrole nitrogens is 1. The number of aromatic nitrogens is 2. The molecule has 0 fully saturated rings. The average molecular weight is 244 g/mol. The number of benzene rings is 1. The second kappa shape index (κ2) is 4.15. The Bertz CT molecular complexity index is 607. The molecule has 1 heterocycles. The molecule has 17 heavy (non-hydrogen) atoms. The highest BCUT2D eigenvalue weighted by molar-refractivity contribution is 7.71. The van der Waals surface area contributed by atoms with E-state index in [4.69, 9.17) is 12.2 Å². The summed E-state index contributed by atoms with van der Waals surface area (Å²) in [5.41, 5.74) is 5.45. The highest BCUT2D eigenvalue weighted by Crippen LogP contribution is 2.25. The molecule has 0 unspecified atom stereocenters. The van der Waals surface area contributed by atoms with E-state index in [-0.39, 0.29) is 0 Å². The second-order valence-electron chi connectivity index (χ2n) is 4.58. The molecule has 0 atom stereocenters. The van der Waals surface area contributed by atoms with Gasteiger partial charge in [0.15, 0.2) is 4.77 Å². The molecular weight excluding hydrogens is 228 g/mol. The van der Waals surface area contributed by atoms with Crippen LogP contribution in [0.25, 0.3) is 5.69 Å². The molecule has 0 amide bonds. The molecule has 0 bridgehead atoms. The smallest absolute Gasteiger partial charge is 0.182 e. The summed E-state index contributed by atoms with van der Waals surface area (Å²) in [4.78, 5) is 3.13. The van der Waals surface area contributed by atoms with Crippen LogP contribution in [0.2, 0.25) is 0 Å². The van der Waals surface area contributed by atoms with Crippen molar-refractivity contribution in [2.24, 2.45) is 0 Å². The van der Waals surface area contributed by atoms with Crippen molar-refractivity contribution in [2.45, 2.75) is 32.6 Å². The van der Waals surface area contributed by atoms with Crippen molar-refractivity contribution in [1.82, 2.24) is 9.55 Å². The van der Waals surface area contributed by atoms with Gasteiger partial charge in [-0.25, -0.2) is 0 Å². The Balaban J connectivity index is 2.15. The molecule has 1 aromatic carbocycles. The van der Waals surface area contributed by atoms with Gasteiger partial charge in [0.05, 0.1) is 0 Å². The minimum atomic E-state index is 0.791. The molecule has 0 spiro atoms. The first-order chi connectivity index (χ1) is 8.29. The van der Waals surface area contributed by atoms with Crippen LogP contribution in [0.1, 0.15) is 30.2 Å². The lowest BCUT2D eigenvalue weighted by atomic mass is 10.1. The lowest BCUT2D eigenvalue weighted by molar-refractivity contribution is 0.907. The first-order valence-corrected chi connectivity index (χ1v) is 6.62. The van der Waals surface area contributed by atoms with Crippen LogP contribution in [0.15, 0.2) is 24.4 Å². The molecule has 88 valence electrons. The molecule has 3 rings (SSSR count). The SMILES string of the molecule is CCc1c[nH]c(=S)n1-c1ccc2c(c1)CCC2. The van der Waals surface area contributed by atoms with Gasteiger partial charge in [-0.2, -0.15) is 0 Å². The fourth-order valence-electron chi connectivity index (χ4n) is 2.65. The molecule has 2 nitrogen and oxygen atoms in total. The zero-order valence-corrected chi connectivity index (χ0v) is 10.8. The maximum Gasteiger partial charge on any atom is 0.182 e. The van der Waals surface area contributed by atoms with Gasteiger partial charge in [0.1, 0.15) is 0 Å². The van der Waals surface area contributed by atoms with Gasteiger partial charge in [0, 0.05) is 17.6 Å². The third-order valence-electron chi connectivity index (χ3n) is 3.56. The Kier molecular flexibility index (Phi) is 2.63. The first kappa shape index (κ1) is 10.8. The normalized spacial score (nSPS) is 13.9. The fourth-order valence-corrected chi connectivity index (χ4v) is 2.93. The van der Waals surface area contributed by atoms with Gasteiger partial charge in [-0.05, 0) is 61.2 Å². The monoisotopic (exact) mass is 244 g/mol. The van der Waals surface area contributed by atoms with Crippen molar-refractivity contribution in [3.05, 3.63) is 46.0 Å². The van der Waals surface area contributed by atoms with Crippen LogP contribution in [0, 0.1) is 4.77 Å². The van der Waals surface area contributed by atoms with Crippen molar-refractivity contribution in [2.75, 3.05) is 0 Å². The lowest BCUT2D eigenvalue weighted by Crippen LogP contribution is -2.00. The van der Waals surface area contributed by atoms with Gasteiger partial charge in [-0.1, -0.05) is 13.0 Å². The fraction of sp³-hybridized carbons (Fsp3) is 0.357. The molecule has 3 heteroatoms. The molecule has 0 radical (unpaired) electrons. The van der Waals surface area contributed by atoms with E-state index in [1.165, 1.54) is 41.8 Å². The Hall–Kier alpha value is -1.35. The van der Waals surface area contributed by atoms with Crippen LogP contribution in [0.3, 0.4) is 0 Å². The molecule has 2 aromatic rings. The third-order valence-corrected chi connectivity index (χ3v) is 3.86. The van der Waals surface area contributed by atoms with E-state index in [1.807, 2.05) is 6.20 Å². The number of aromatic amines is 1. The summed E-state index contributed by atoms with van der Waals surface area (Å²) in [6.07, 6.45) is 6.73. The van der Waals surface area contributed by atoms with E-state index in [2.05, 4.69) is 34.7 Å². The van der Waals surface area contributed by atoms with Crippen LogP contribution in [0.4, 0.5) is 0 Å². The number of hydrogen-bond donors (Lipinski definition) is 1. The quantitative estimate of drug-likeness (QED) is 0.801. The molecule has 1 aromatic heterocycles. The molecule has 1 N–H and O–H groups in total. The molecule has 1 aliphatic carbocycles. The van der Waals surface area contributed by atoms with Crippen LogP contribution < -0.4 is 0 Å². The lowest BCUT2D eigenvalue weighted by Gasteiger charge is -2.09. The van der Waals surface area contributed by atoms with Crippen molar-refractivity contribution >= 4 is 12.2 Å². The van der Waals surface area contributed by atoms with E-state index < -0.39 is 0 Å². The molecular formula is C14H16N2S. The van der Waals surface area contributed by atoms with Gasteiger partial charge in [-0.15, -0.1) is 0 Å². The van der Waals surface area contributed by atoms with Gasteiger partial charge in [0.2, 0.25) is 0 Å². The summed E-state index contributed by atoms with van der Waals surface area (Å²) in [5.74, 6) is 0. The third kappa shape index (κ3) is 1.75. The largest absolute Gasteiger partial charge is 0.337 e. The molecule has 0 saturated heterocycles. The summed E-state index contributed by atoms with van der Waals surface area (Å²) in [6, 6.07) is 6.74. The number of hydrogen-bond acceptors (Lipinski definition) is 1. The summed E-state index contributed by atoms with van der Waals surface area (Å²) in [6.45, 7) is 2.15. The standard InChI is InChI=1S/C14H16N2S/c1-2-12-9-15-14(17)16(12)13-7-6-10-4-3-5-11(10)8-13/h6-9H,2-5H2,1H3,(H,15,17). The highest BCUT2D eigenvalue weighted by Gasteiger charge is 2.12. The van der Waals surface area contributed by atoms with E-state index >= 15 is 0 Å². The van der Waals surface area contributed by atoms with E-state index in [0.29, 0.717) is 0 Å². The zero-order chi connectivity index (χ0) is 11.8. The maximum atomic E-state index is 5.36. The van der Waals surface area contributed by atoms with Crippen molar-refractivity contribution in [1.29, 1.82) is 0 Å². The van der Waals surface area contributed by atoms with Gasteiger partial charge in [0.25, 0.3) is 0 Å². The predicted molar refractivity (Wildman–Crippen MR) is 72.4 cm³/mol.